The molecule has 0 unspecified atom stereocenters. The third-order valence-electron chi connectivity index (χ3n) is 3.52. The zero-order valence-corrected chi connectivity index (χ0v) is 12.2. The van der Waals surface area contributed by atoms with Gasteiger partial charge >= 0.3 is 0 Å². The van der Waals surface area contributed by atoms with Gasteiger partial charge in [-0.25, -0.2) is 4.98 Å². The number of aliphatic hydroxyl groups excluding tert-OH is 1. The molecule has 0 aliphatic rings. The number of hydrogen-bond donors (Lipinski definition) is 1. The van der Waals surface area contributed by atoms with Gasteiger partial charge in [-0.3, -0.25) is 4.90 Å². The van der Waals surface area contributed by atoms with E-state index in [1.807, 2.05) is 42.7 Å². The molecule has 0 aliphatic heterocycles. The van der Waals surface area contributed by atoms with Crippen LogP contribution in [-0.4, -0.2) is 33.1 Å². The first kappa shape index (κ1) is 14.8. The van der Waals surface area contributed by atoms with E-state index in [1.165, 1.54) is 0 Å². The third-order valence-corrected chi connectivity index (χ3v) is 3.52. The lowest BCUT2D eigenvalue weighted by molar-refractivity contribution is 0.146. The Hall–Kier alpha value is -1.65. The summed E-state index contributed by atoms with van der Waals surface area (Å²) >= 11 is 0. The SMILES string of the molecule is CCn1ccnc1CN(C)CC[C@H](O)c1ccccc1. The van der Waals surface area contributed by atoms with Gasteiger partial charge < -0.3 is 9.67 Å². The molecule has 1 N–H and O–H groups in total. The molecular weight excluding hydrogens is 250 g/mol. The van der Waals surface area contributed by atoms with Gasteiger partial charge in [0.2, 0.25) is 0 Å². The molecule has 1 heterocycles. The molecule has 0 aliphatic carbocycles. The Kier molecular flexibility index (Phi) is 5.32. The van der Waals surface area contributed by atoms with Crippen molar-refractivity contribution in [2.45, 2.75) is 32.5 Å². The summed E-state index contributed by atoms with van der Waals surface area (Å²) in [5.41, 5.74) is 0.982. The summed E-state index contributed by atoms with van der Waals surface area (Å²) in [6, 6.07) is 9.82. The highest BCUT2D eigenvalue weighted by atomic mass is 16.3. The largest absolute Gasteiger partial charge is 0.388 e. The van der Waals surface area contributed by atoms with E-state index in [0.29, 0.717) is 0 Å². The molecule has 0 radical (unpaired) electrons. The van der Waals surface area contributed by atoms with E-state index in [4.69, 9.17) is 0 Å². The van der Waals surface area contributed by atoms with Crippen LogP contribution in [0.15, 0.2) is 42.7 Å². The lowest BCUT2D eigenvalue weighted by Gasteiger charge is -2.19. The van der Waals surface area contributed by atoms with Gasteiger partial charge in [-0.15, -0.1) is 0 Å². The summed E-state index contributed by atoms with van der Waals surface area (Å²) < 4.78 is 2.14. The maximum absolute atomic E-state index is 10.1. The second-order valence-corrected chi connectivity index (χ2v) is 5.08. The van der Waals surface area contributed by atoms with Crippen molar-refractivity contribution in [2.24, 2.45) is 0 Å². The van der Waals surface area contributed by atoms with E-state index in [9.17, 15) is 5.11 Å². The molecule has 0 saturated carbocycles. The molecule has 1 aromatic heterocycles. The van der Waals surface area contributed by atoms with Gasteiger partial charge in [-0.05, 0) is 26.0 Å². The number of rotatable bonds is 7. The number of aromatic nitrogens is 2. The standard InChI is InChI=1S/C16H23N3O/c1-3-19-12-10-17-16(19)13-18(2)11-9-15(20)14-7-5-4-6-8-14/h4-8,10,12,15,20H,3,9,11,13H2,1-2H3/t15-/m0/s1. The molecule has 108 valence electrons. The maximum atomic E-state index is 10.1. The fourth-order valence-corrected chi connectivity index (χ4v) is 2.28. The first-order valence-corrected chi connectivity index (χ1v) is 7.12. The normalized spacial score (nSPS) is 12.8. The number of aryl methyl sites for hydroxylation is 1. The first-order valence-electron chi connectivity index (χ1n) is 7.12. The van der Waals surface area contributed by atoms with E-state index in [1.54, 1.807) is 0 Å². The fourth-order valence-electron chi connectivity index (χ4n) is 2.28. The molecule has 1 aromatic carbocycles. The molecule has 1 atom stereocenters. The molecule has 0 bridgehead atoms. The van der Waals surface area contributed by atoms with Crippen molar-refractivity contribution in [3.8, 4) is 0 Å². The van der Waals surface area contributed by atoms with Crippen molar-refractivity contribution in [2.75, 3.05) is 13.6 Å². The number of hydrogen-bond acceptors (Lipinski definition) is 3. The van der Waals surface area contributed by atoms with Gasteiger partial charge in [0.25, 0.3) is 0 Å². The minimum absolute atomic E-state index is 0.399. The minimum Gasteiger partial charge on any atom is -0.388 e. The van der Waals surface area contributed by atoms with Crippen molar-refractivity contribution in [3.05, 3.63) is 54.1 Å². The smallest absolute Gasteiger partial charge is 0.122 e. The lowest BCUT2D eigenvalue weighted by Crippen LogP contribution is -2.23. The van der Waals surface area contributed by atoms with Crippen LogP contribution in [0.5, 0.6) is 0 Å². The molecule has 0 amide bonds. The van der Waals surface area contributed by atoms with E-state index >= 15 is 0 Å². The van der Waals surface area contributed by atoms with E-state index in [-0.39, 0.29) is 0 Å². The maximum Gasteiger partial charge on any atom is 0.122 e. The van der Waals surface area contributed by atoms with E-state index < -0.39 is 6.10 Å². The van der Waals surface area contributed by atoms with Crippen molar-refractivity contribution >= 4 is 0 Å². The second-order valence-electron chi connectivity index (χ2n) is 5.08. The Labute approximate surface area is 120 Å². The predicted molar refractivity (Wildman–Crippen MR) is 80.3 cm³/mol. The van der Waals surface area contributed by atoms with Crippen LogP contribution < -0.4 is 0 Å². The molecule has 4 heteroatoms. The van der Waals surface area contributed by atoms with Crippen molar-refractivity contribution in [1.82, 2.24) is 14.5 Å². The number of imidazole rings is 1. The highest BCUT2D eigenvalue weighted by Gasteiger charge is 2.10. The number of nitrogens with zero attached hydrogens (tertiary/aromatic N) is 3. The molecule has 0 saturated heterocycles. The van der Waals surface area contributed by atoms with Crippen LogP contribution in [0.2, 0.25) is 0 Å². The zero-order chi connectivity index (χ0) is 14.4. The Balaban J connectivity index is 1.82. The molecule has 4 nitrogen and oxygen atoms in total. The van der Waals surface area contributed by atoms with Gasteiger partial charge in [-0.1, -0.05) is 30.3 Å². The molecular formula is C16H23N3O. The highest BCUT2D eigenvalue weighted by molar-refractivity contribution is 5.17. The average Bonchev–Trinajstić information content (AvgIpc) is 2.92. The quantitative estimate of drug-likeness (QED) is 0.842. The van der Waals surface area contributed by atoms with Crippen LogP contribution in [0.1, 0.15) is 30.8 Å². The summed E-state index contributed by atoms with van der Waals surface area (Å²) in [5, 5.41) is 10.1. The first-order chi connectivity index (χ1) is 9.70. The van der Waals surface area contributed by atoms with Crippen molar-refractivity contribution in [1.29, 1.82) is 0 Å². The summed E-state index contributed by atoms with van der Waals surface area (Å²) in [6.07, 6.45) is 4.17. The molecule has 20 heavy (non-hydrogen) atoms. The molecule has 0 spiro atoms. The molecule has 2 rings (SSSR count). The van der Waals surface area contributed by atoms with Crippen LogP contribution in [0.3, 0.4) is 0 Å². The summed E-state index contributed by atoms with van der Waals surface area (Å²) in [5.74, 6) is 1.07. The van der Waals surface area contributed by atoms with Gasteiger partial charge in [0, 0.05) is 25.5 Å². The zero-order valence-electron chi connectivity index (χ0n) is 12.2. The Morgan fingerprint density at radius 3 is 2.75 bits per heavy atom. The van der Waals surface area contributed by atoms with Crippen LogP contribution in [0.25, 0.3) is 0 Å². The van der Waals surface area contributed by atoms with Gasteiger partial charge in [0.05, 0.1) is 12.6 Å². The van der Waals surface area contributed by atoms with E-state index in [2.05, 4.69) is 28.4 Å². The Morgan fingerprint density at radius 1 is 1.30 bits per heavy atom. The van der Waals surface area contributed by atoms with Crippen LogP contribution >= 0.6 is 0 Å². The minimum atomic E-state index is -0.399. The third kappa shape index (κ3) is 3.92. The second kappa shape index (κ2) is 7.22. The van der Waals surface area contributed by atoms with E-state index in [0.717, 1.165) is 37.4 Å². The number of aliphatic hydroxyl groups is 1. The van der Waals surface area contributed by atoms with Gasteiger partial charge in [0.1, 0.15) is 5.82 Å². The Bertz CT molecular complexity index is 509. The molecule has 2 aromatic rings. The summed E-state index contributed by atoms with van der Waals surface area (Å²) in [7, 11) is 2.06. The lowest BCUT2D eigenvalue weighted by atomic mass is 10.1. The summed E-state index contributed by atoms with van der Waals surface area (Å²) in [6.45, 7) is 4.70. The van der Waals surface area contributed by atoms with Crippen LogP contribution in [0.4, 0.5) is 0 Å². The van der Waals surface area contributed by atoms with Crippen LogP contribution in [0, 0.1) is 0 Å². The van der Waals surface area contributed by atoms with Crippen molar-refractivity contribution < 1.29 is 5.11 Å². The van der Waals surface area contributed by atoms with Gasteiger partial charge in [0.15, 0.2) is 0 Å². The summed E-state index contributed by atoms with van der Waals surface area (Å²) in [4.78, 5) is 6.57. The fraction of sp³-hybridized carbons (Fsp3) is 0.438. The monoisotopic (exact) mass is 273 g/mol. The highest BCUT2D eigenvalue weighted by Crippen LogP contribution is 2.16. The van der Waals surface area contributed by atoms with Crippen molar-refractivity contribution in [3.63, 3.8) is 0 Å². The average molecular weight is 273 g/mol. The predicted octanol–water partition coefficient (Wildman–Crippen LogP) is 2.46. The van der Waals surface area contributed by atoms with Gasteiger partial charge in [-0.2, -0.15) is 0 Å². The van der Waals surface area contributed by atoms with Crippen LogP contribution in [-0.2, 0) is 13.1 Å². The topological polar surface area (TPSA) is 41.3 Å². The Morgan fingerprint density at radius 2 is 2.05 bits per heavy atom. The molecule has 0 fully saturated rings. The number of benzene rings is 1.